The Bertz CT molecular complexity index is 957. The molecule has 2 aromatic carbocycles. The van der Waals surface area contributed by atoms with Gasteiger partial charge in [0.2, 0.25) is 0 Å². The molecule has 0 saturated heterocycles. The third-order valence-corrected chi connectivity index (χ3v) is 3.47. The van der Waals surface area contributed by atoms with Gasteiger partial charge in [-0.3, -0.25) is 14.9 Å². The minimum atomic E-state index is -0.549. The Morgan fingerprint density at radius 3 is 2.60 bits per heavy atom. The molecule has 0 spiro atoms. The molecule has 130 valence electrons. The van der Waals surface area contributed by atoms with Gasteiger partial charge in [-0.2, -0.15) is 4.98 Å². The van der Waals surface area contributed by atoms with Crippen molar-refractivity contribution in [1.82, 2.24) is 4.98 Å². The highest BCUT2D eigenvalue weighted by Gasteiger charge is 2.14. The first-order valence-corrected chi connectivity index (χ1v) is 7.99. The summed E-state index contributed by atoms with van der Waals surface area (Å²) >= 11 is 11.7. The SMILES string of the molecule is CCO.O=C(Nc1nc(=O)c2ccccc2o1)c1ccc(Cl)cc1Cl. The van der Waals surface area contributed by atoms with Crippen LogP contribution in [0.4, 0.5) is 6.01 Å². The van der Waals surface area contributed by atoms with Crippen molar-refractivity contribution in [2.45, 2.75) is 6.92 Å². The van der Waals surface area contributed by atoms with Gasteiger partial charge in [-0.15, -0.1) is 0 Å². The van der Waals surface area contributed by atoms with Crippen LogP contribution in [0.5, 0.6) is 0 Å². The fourth-order valence-corrected chi connectivity index (χ4v) is 2.40. The Morgan fingerprint density at radius 2 is 1.92 bits per heavy atom. The highest BCUT2D eigenvalue weighted by atomic mass is 35.5. The van der Waals surface area contributed by atoms with Crippen LogP contribution in [-0.4, -0.2) is 22.6 Å². The molecule has 0 aliphatic carbocycles. The second-order valence-corrected chi connectivity index (χ2v) is 5.56. The molecule has 3 rings (SSSR count). The van der Waals surface area contributed by atoms with E-state index in [1.165, 1.54) is 18.2 Å². The summed E-state index contributed by atoms with van der Waals surface area (Å²) in [6.45, 7) is 1.93. The summed E-state index contributed by atoms with van der Waals surface area (Å²) in [5, 5.41) is 10.9. The van der Waals surface area contributed by atoms with E-state index in [1.807, 2.05) is 0 Å². The quantitative estimate of drug-likeness (QED) is 0.706. The molecule has 0 atom stereocenters. The van der Waals surface area contributed by atoms with Gasteiger partial charge in [0.05, 0.1) is 16.0 Å². The topological polar surface area (TPSA) is 92.4 Å². The van der Waals surface area contributed by atoms with Crippen LogP contribution >= 0.6 is 23.2 Å². The van der Waals surface area contributed by atoms with Crippen LogP contribution in [0.2, 0.25) is 10.0 Å². The lowest BCUT2D eigenvalue weighted by molar-refractivity contribution is 0.102. The molecule has 0 radical (unpaired) electrons. The lowest BCUT2D eigenvalue weighted by atomic mass is 10.2. The molecule has 8 heteroatoms. The van der Waals surface area contributed by atoms with Crippen molar-refractivity contribution < 1.29 is 14.3 Å². The zero-order valence-electron chi connectivity index (χ0n) is 13.1. The number of aromatic nitrogens is 1. The first-order valence-electron chi connectivity index (χ1n) is 7.23. The van der Waals surface area contributed by atoms with E-state index in [9.17, 15) is 9.59 Å². The van der Waals surface area contributed by atoms with Gasteiger partial charge in [0.15, 0.2) is 0 Å². The number of nitrogens with one attached hydrogen (secondary N) is 1. The molecule has 0 aliphatic heterocycles. The van der Waals surface area contributed by atoms with Gasteiger partial charge in [-0.1, -0.05) is 35.3 Å². The molecule has 2 N–H and O–H groups in total. The number of fused-ring (bicyclic) bond motifs is 1. The second kappa shape index (κ2) is 8.62. The van der Waals surface area contributed by atoms with E-state index in [-0.39, 0.29) is 23.2 Å². The average Bonchev–Trinajstić information content (AvgIpc) is 2.55. The van der Waals surface area contributed by atoms with Crippen molar-refractivity contribution in [3.8, 4) is 0 Å². The minimum absolute atomic E-state index is 0.188. The Morgan fingerprint density at radius 1 is 1.24 bits per heavy atom. The Kier molecular flexibility index (Phi) is 6.52. The molecular weight excluding hydrogens is 367 g/mol. The zero-order valence-corrected chi connectivity index (χ0v) is 14.6. The summed E-state index contributed by atoms with van der Waals surface area (Å²) < 4.78 is 5.39. The summed E-state index contributed by atoms with van der Waals surface area (Å²) in [6.07, 6.45) is 0. The van der Waals surface area contributed by atoms with Gasteiger partial charge in [0.25, 0.3) is 11.5 Å². The van der Waals surface area contributed by atoms with E-state index in [2.05, 4.69) is 10.3 Å². The maximum absolute atomic E-state index is 12.2. The van der Waals surface area contributed by atoms with Crippen molar-refractivity contribution in [3.05, 3.63) is 68.4 Å². The standard InChI is InChI=1S/C15H8Cl2N2O3.C2H6O/c16-8-5-6-9(11(17)7-8)13(20)18-15-19-14(21)10-3-1-2-4-12(10)22-15;1-2-3/h1-7H,(H,18,19,20,21);3H,2H2,1H3. The fraction of sp³-hybridized carbons (Fsp3) is 0.118. The Hall–Kier alpha value is -2.41. The number of benzene rings is 2. The summed E-state index contributed by atoms with van der Waals surface area (Å²) in [5.41, 5.74) is 0.0445. The summed E-state index contributed by atoms with van der Waals surface area (Å²) in [6, 6.07) is 10.9. The number of halogens is 2. The number of anilines is 1. The van der Waals surface area contributed by atoms with E-state index >= 15 is 0 Å². The number of para-hydroxylation sites is 1. The van der Waals surface area contributed by atoms with E-state index in [4.69, 9.17) is 32.7 Å². The predicted molar refractivity (Wildman–Crippen MR) is 97.5 cm³/mol. The van der Waals surface area contributed by atoms with Crippen LogP contribution in [0.25, 0.3) is 11.0 Å². The largest absolute Gasteiger partial charge is 0.425 e. The van der Waals surface area contributed by atoms with Crippen LogP contribution in [0, 0.1) is 0 Å². The molecule has 1 aromatic heterocycles. The van der Waals surface area contributed by atoms with Gasteiger partial charge < -0.3 is 9.52 Å². The molecule has 25 heavy (non-hydrogen) atoms. The van der Waals surface area contributed by atoms with Gasteiger partial charge in [-0.25, -0.2) is 0 Å². The highest BCUT2D eigenvalue weighted by molar-refractivity contribution is 6.37. The van der Waals surface area contributed by atoms with Crippen molar-refractivity contribution in [2.24, 2.45) is 0 Å². The first kappa shape index (κ1) is 18.9. The molecule has 3 aromatic rings. The van der Waals surface area contributed by atoms with Gasteiger partial charge >= 0.3 is 6.01 Å². The molecule has 0 aliphatic rings. The average molecular weight is 381 g/mol. The van der Waals surface area contributed by atoms with Crippen LogP contribution in [0.3, 0.4) is 0 Å². The summed E-state index contributed by atoms with van der Waals surface area (Å²) in [7, 11) is 0. The van der Waals surface area contributed by atoms with Crippen LogP contribution in [-0.2, 0) is 0 Å². The zero-order chi connectivity index (χ0) is 18.4. The summed E-state index contributed by atoms with van der Waals surface area (Å²) in [4.78, 5) is 27.7. The fourth-order valence-electron chi connectivity index (χ4n) is 1.90. The molecule has 0 unspecified atom stereocenters. The van der Waals surface area contributed by atoms with Crippen LogP contribution < -0.4 is 10.9 Å². The minimum Gasteiger partial charge on any atom is -0.425 e. The lowest BCUT2D eigenvalue weighted by Crippen LogP contribution is -2.17. The predicted octanol–water partition coefficient (Wildman–Crippen LogP) is 3.75. The molecule has 1 amide bonds. The Balaban J connectivity index is 0.000000701. The van der Waals surface area contributed by atoms with E-state index < -0.39 is 11.5 Å². The normalized spacial score (nSPS) is 10.1. The van der Waals surface area contributed by atoms with Crippen LogP contribution in [0.1, 0.15) is 17.3 Å². The van der Waals surface area contributed by atoms with E-state index in [1.54, 1.807) is 31.2 Å². The molecule has 6 nitrogen and oxygen atoms in total. The van der Waals surface area contributed by atoms with Crippen LogP contribution in [0.15, 0.2) is 51.7 Å². The van der Waals surface area contributed by atoms with E-state index in [0.29, 0.717) is 16.0 Å². The number of nitrogens with zero attached hydrogens (tertiary/aromatic N) is 1. The maximum Gasteiger partial charge on any atom is 0.305 e. The molecule has 0 fully saturated rings. The van der Waals surface area contributed by atoms with Crippen molar-refractivity contribution in [3.63, 3.8) is 0 Å². The van der Waals surface area contributed by atoms with Crippen molar-refractivity contribution in [1.29, 1.82) is 0 Å². The number of aliphatic hydroxyl groups is 1. The number of rotatable bonds is 2. The van der Waals surface area contributed by atoms with Gasteiger partial charge in [0, 0.05) is 11.6 Å². The summed E-state index contributed by atoms with van der Waals surface area (Å²) in [5.74, 6) is -0.549. The first-order chi connectivity index (χ1) is 12.0. The number of amides is 1. The van der Waals surface area contributed by atoms with Gasteiger partial charge in [0.1, 0.15) is 5.58 Å². The molecule has 0 saturated carbocycles. The number of hydrogen-bond donors (Lipinski definition) is 2. The molecule has 1 heterocycles. The number of carbonyl (C=O) groups excluding carboxylic acids is 1. The molecular formula is C17H14Cl2N2O4. The lowest BCUT2D eigenvalue weighted by Gasteiger charge is -2.06. The number of hydrogen-bond acceptors (Lipinski definition) is 5. The monoisotopic (exact) mass is 380 g/mol. The third-order valence-electron chi connectivity index (χ3n) is 2.92. The van der Waals surface area contributed by atoms with Crippen molar-refractivity contribution >= 4 is 46.1 Å². The third kappa shape index (κ3) is 4.79. The van der Waals surface area contributed by atoms with Gasteiger partial charge in [-0.05, 0) is 37.3 Å². The Labute approximate surface area is 153 Å². The number of aliphatic hydroxyl groups excluding tert-OH is 1. The molecule has 0 bridgehead atoms. The maximum atomic E-state index is 12.2. The second-order valence-electron chi connectivity index (χ2n) is 4.71. The smallest absolute Gasteiger partial charge is 0.305 e. The highest BCUT2D eigenvalue weighted by Crippen LogP contribution is 2.22. The van der Waals surface area contributed by atoms with Crippen molar-refractivity contribution in [2.75, 3.05) is 11.9 Å². The number of carbonyl (C=O) groups is 1. The van der Waals surface area contributed by atoms with E-state index in [0.717, 1.165) is 0 Å².